The molecule has 0 saturated carbocycles. The molecule has 1 aliphatic heterocycles. The van der Waals surface area contributed by atoms with Crippen LogP contribution in [-0.2, 0) is 9.53 Å². The lowest BCUT2D eigenvalue weighted by Crippen LogP contribution is -2.32. The molecule has 1 fully saturated rings. The van der Waals surface area contributed by atoms with E-state index in [2.05, 4.69) is 6.92 Å². The molecule has 38 heavy (non-hydrogen) atoms. The smallest absolute Gasteiger partial charge is 0.309 e. The lowest BCUT2D eigenvalue weighted by Gasteiger charge is -2.25. The molecule has 1 aliphatic rings. The molecule has 1 rings (SSSR count). The van der Waals surface area contributed by atoms with Gasteiger partial charge in [-0.05, 0) is 12.8 Å². The van der Waals surface area contributed by atoms with Crippen LogP contribution in [0.5, 0.6) is 0 Å². The van der Waals surface area contributed by atoms with Gasteiger partial charge in [0.25, 0.3) is 0 Å². The maximum Gasteiger partial charge on any atom is 0.309 e. The minimum atomic E-state index is -0.00394. The van der Waals surface area contributed by atoms with Crippen LogP contribution in [0.1, 0.15) is 219 Å². The summed E-state index contributed by atoms with van der Waals surface area (Å²) < 4.78 is 5.07. The third kappa shape index (κ3) is 25.7. The Bertz CT molecular complexity index is 466. The average molecular weight is 535 g/mol. The van der Waals surface area contributed by atoms with E-state index in [4.69, 9.17) is 4.74 Å². The van der Waals surface area contributed by atoms with Gasteiger partial charge in [0.15, 0.2) is 0 Å². The Morgan fingerprint density at radius 1 is 0.421 bits per heavy atom. The van der Waals surface area contributed by atoms with Crippen molar-refractivity contribution >= 4 is 5.97 Å². The molecule has 0 aromatic heterocycles. The van der Waals surface area contributed by atoms with Gasteiger partial charge in [0.1, 0.15) is 6.10 Å². The Hall–Kier alpha value is -0.530. The van der Waals surface area contributed by atoms with E-state index in [1.54, 1.807) is 0 Å². The van der Waals surface area contributed by atoms with Crippen LogP contribution in [0.4, 0.5) is 0 Å². The second-order valence-electron chi connectivity index (χ2n) is 12.7. The Kier molecular flexibility index (Phi) is 27.5. The molecule has 0 radical (unpaired) electrons. The van der Waals surface area contributed by atoms with Crippen LogP contribution in [0.3, 0.4) is 0 Å². The van der Waals surface area contributed by atoms with E-state index in [1.165, 1.54) is 199 Å². The number of unbranched alkanes of at least 4 members (excludes halogenated alkanes) is 30. The van der Waals surface area contributed by atoms with Gasteiger partial charge in [-0.2, -0.15) is 0 Å². The standard InChI is InChI=1S/C36H70O2/c1-2-3-4-5-6-7-8-9-10-11-12-13-14-15-16-17-18-19-20-21-22-23-24-25-26-27-28-29-30-31-32-33-35-34-36(37)38-35/h35H,2-34H2,1H3. The molecule has 0 aromatic rings. The number of hydrogen-bond acceptors (Lipinski definition) is 2. The molecule has 0 bridgehead atoms. The molecule has 0 spiro atoms. The Morgan fingerprint density at radius 3 is 0.842 bits per heavy atom. The van der Waals surface area contributed by atoms with Gasteiger partial charge in [-0.25, -0.2) is 0 Å². The first-order valence-corrected chi connectivity index (χ1v) is 18.0. The van der Waals surface area contributed by atoms with Gasteiger partial charge >= 0.3 is 5.97 Å². The first kappa shape index (κ1) is 35.5. The van der Waals surface area contributed by atoms with E-state index in [0.29, 0.717) is 6.42 Å². The predicted octanol–water partition coefficient (Wildman–Crippen LogP) is 12.8. The van der Waals surface area contributed by atoms with E-state index in [0.717, 1.165) is 6.42 Å². The van der Waals surface area contributed by atoms with E-state index in [1.807, 2.05) is 0 Å². The Balaban J connectivity index is 1.59. The first-order chi connectivity index (χ1) is 18.8. The highest BCUT2D eigenvalue weighted by Crippen LogP contribution is 2.21. The molecule has 1 atom stereocenters. The topological polar surface area (TPSA) is 26.3 Å². The number of ether oxygens (including phenoxy) is 1. The normalized spacial score (nSPS) is 15.1. The second kappa shape index (κ2) is 29.5. The van der Waals surface area contributed by atoms with Crippen molar-refractivity contribution in [2.24, 2.45) is 0 Å². The van der Waals surface area contributed by atoms with E-state index in [-0.39, 0.29) is 12.1 Å². The van der Waals surface area contributed by atoms with Gasteiger partial charge < -0.3 is 4.74 Å². The quantitative estimate of drug-likeness (QED) is 0.0633. The summed E-state index contributed by atoms with van der Waals surface area (Å²) in [7, 11) is 0. The highest BCUT2D eigenvalue weighted by Gasteiger charge is 2.27. The SMILES string of the molecule is CCCCCCCCCCCCCCCCCCCCCCCCCCCCCCCCCC1CC(=O)O1. The lowest BCUT2D eigenvalue weighted by atomic mass is 10.0. The van der Waals surface area contributed by atoms with Gasteiger partial charge in [0.2, 0.25) is 0 Å². The number of hydrogen-bond donors (Lipinski definition) is 0. The molecule has 1 heterocycles. The number of esters is 1. The fourth-order valence-electron chi connectivity index (χ4n) is 6.09. The summed E-state index contributed by atoms with van der Waals surface area (Å²) in [4.78, 5) is 10.8. The summed E-state index contributed by atoms with van der Waals surface area (Å²) >= 11 is 0. The maximum absolute atomic E-state index is 10.8. The molecule has 2 nitrogen and oxygen atoms in total. The number of carbonyl (C=O) groups excluding carboxylic acids is 1. The van der Waals surface area contributed by atoms with Crippen molar-refractivity contribution in [3.8, 4) is 0 Å². The van der Waals surface area contributed by atoms with Crippen LogP contribution < -0.4 is 0 Å². The number of rotatable bonds is 32. The maximum atomic E-state index is 10.8. The molecule has 1 unspecified atom stereocenters. The van der Waals surface area contributed by atoms with Gasteiger partial charge in [-0.15, -0.1) is 0 Å². The van der Waals surface area contributed by atoms with Crippen LogP contribution in [0, 0.1) is 0 Å². The number of cyclic esters (lactones) is 1. The van der Waals surface area contributed by atoms with Crippen molar-refractivity contribution in [2.45, 2.75) is 225 Å². The lowest BCUT2D eigenvalue weighted by molar-refractivity contribution is -0.169. The van der Waals surface area contributed by atoms with Gasteiger partial charge in [-0.3, -0.25) is 4.79 Å². The number of carbonyl (C=O) groups is 1. The van der Waals surface area contributed by atoms with Crippen molar-refractivity contribution in [1.82, 2.24) is 0 Å². The zero-order chi connectivity index (χ0) is 27.2. The van der Waals surface area contributed by atoms with Gasteiger partial charge in [-0.1, -0.05) is 200 Å². The van der Waals surface area contributed by atoms with Gasteiger partial charge in [0.05, 0.1) is 6.42 Å². The zero-order valence-electron chi connectivity index (χ0n) is 26.2. The molecule has 0 N–H and O–H groups in total. The van der Waals surface area contributed by atoms with E-state index >= 15 is 0 Å². The second-order valence-corrected chi connectivity index (χ2v) is 12.7. The molecule has 2 heteroatoms. The van der Waals surface area contributed by atoms with Crippen LogP contribution >= 0.6 is 0 Å². The summed E-state index contributed by atoms with van der Waals surface area (Å²) in [5.41, 5.74) is 0. The van der Waals surface area contributed by atoms with E-state index in [9.17, 15) is 4.79 Å². The minimum Gasteiger partial charge on any atom is -0.462 e. The zero-order valence-corrected chi connectivity index (χ0v) is 26.2. The molecule has 226 valence electrons. The molecule has 1 saturated heterocycles. The monoisotopic (exact) mass is 535 g/mol. The van der Waals surface area contributed by atoms with Crippen molar-refractivity contribution in [1.29, 1.82) is 0 Å². The van der Waals surface area contributed by atoms with Crippen LogP contribution in [-0.4, -0.2) is 12.1 Å². The highest BCUT2D eigenvalue weighted by atomic mass is 16.6. The summed E-state index contributed by atoms with van der Waals surface area (Å²) in [5.74, 6) is -0.00394. The van der Waals surface area contributed by atoms with Crippen LogP contribution in [0.2, 0.25) is 0 Å². The summed E-state index contributed by atoms with van der Waals surface area (Å²) in [6.07, 6.45) is 46.9. The first-order valence-electron chi connectivity index (χ1n) is 18.0. The van der Waals surface area contributed by atoms with E-state index < -0.39 is 0 Å². The van der Waals surface area contributed by atoms with Crippen molar-refractivity contribution in [3.63, 3.8) is 0 Å². The molecular formula is C36H70O2. The molecule has 0 aromatic carbocycles. The summed E-state index contributed by atoms with van der Waals surface area (Å²) in [6.45, 7) is 2.30. The minimum absolute atomic E-state index is 0.00394. The largest absolute Gasteiger partial charge is 0.462 e. The van der Waals surface area contributed by atoms with Crippen LogP contribution in [0.25, 0.3) is 0 Å². The fraction of sp³-hybridized carbons (Fsp3) is 0.972. The highest BCUT2D eigenvalue weighted by molar-refractivity contribution is 5.75. The van der Waals surface area contributed by atoms with Crippen LogP contribution in [0.15, 0.2) is 0 Å². The summed E-state index contributed by atoms with van der Waals surface area (Å²) in [5, 5.41) is 0. The Morgan fingerprint density at radius 2 is 0.632 bits per heavy atom. The van der Waals surface area contributed by atoms with Crippen molar-refractivity contribution in [2.75, 3.05) is 0 Å². The third-order valence-corrected chi connectivity index (χ3v) is 8.82. The van der Waals surface area contributed by atoms with Crippen molar-refractivity contribution in [3.05, 3.63) is 0 Å². The molecule has 0 amide bonds. The molecule has 0 aliphatic carbocycles. The summed E-state index contributed by atoms with van der Waals surface area (Å²) in [6, 6.07) is 0. The van der Waals surface area contributed by atoms with Gasteiger partial charge in [0, 0.05) is 0 Å². The average Bonchev–Trinajstić information content (AvgIpc) is 2.90. The Labute approximate surface area is 240 Å². The predicted molar refractivity (Wildman–Crippen MR) is 168 cm³/mol. The van der Waals surface area contributed by atoms with Crippen molar-refractivity contribution < 1.29 is 9.53 Å². The fourth-order valence-corrected chi connectivity index (χ4v) is 6.09. The molecular weight excluding hydrogens is 464 g/mol. The third-order valence-electron chi connectivity index (χ3n) is 8.82.